The van der Waals surface area contributed by atoms with Crippen molar-refractivity contribution in [3.05, 3.63) is 29.6 Å². The molecule has 0 spiro atoms. The molecule has 0 fully saturated rings. The fourth-order valence-electron chi connectivity index (χ4n) is 1.47. The Balaban J connectivity index is 2.34. The third-order valence-electron chi connectivity index (χ3n) is 2.10. The van der Waals surface area contributed by atoms with Crippen molar-refractivity contribution in [1.82, 2.24) is 5.32 Å². The molecule has 0 aliphatic carbocycles. The maximum Gasteiger partial charge on any atom is 0.124 e. The van der Waals surface area contributed by atoms with Gasteiger partial charge in [0.15, 0.2) is 0 Å². The van der Waals surface area contributed by atoms with Crippen LogP contribution in [0.3, 0.4) is 0 Å². The van der Waals surface area contributed by atoms with E-state index in [4.69, 9.17) is 4.74 Å². The SMILES string of the molecule is CC1CNCc2cc(F)ccc2O1. The Bertz CT molecular complexity index is 314. The molecule has 0 saturated carbocycles. The van der Waals surface area contributed by atoms with Crippen molar-refractivity contribution in [2.75, 3.05) is 6.54 Å². The van der Waals surface area contributed by atoms with Crippen LogP contribution in [-0.2, 0) is 6.54 Å². The summed E-state index contributed by atoms with van der Waals surface area (Å²) in [4.78, 5) is 0. The Kier molecular flexibility index (Phi) is 2.19. The van der Waals surface area contributed by atoms with Crippen molar-refractivity contribution in [1.29, 1.82) is 0 Å². The fraction of sp³-hybridized carbons (Fsp3) is 0.400. The number of nitrogens with one attached hydrogen (secondary N) is 1. The van der Waals surface area contributed by atoms with E-state index in [0.717, 1.165) is 17.9 Å². The van der Waals surface area contributed by atoms with E-state index in [1.807, 2.05) is 6.92 Å². The van der Waals surface area contributed by atoms with Gasteiger partial charge in [0.05, 0.1) is 0 Å². The first-order valence-electron chi connectivity index (χ1n) is 4.41. The average Bonchev–Trinajstić information content (AvgIpc) is 2.25. The van der Waals surface area contributed by atoms with Crippen LogP contribution in [0.15, 0.2) is 18.2 Å². The monoisotopic (exact) mass is 181 g/mol. The fourth-order valence-corrected chi connectivity index (χ4v) is 1.47. The Morgan fingerprint density at radius 1 is 1.54 bits per heavy atom. The van der Waals surface area contributed by atoms with Crippen molar-refractivity contribution in [3.8, 4) is 5.75 Å². The molecular formula is C10H12FNO. The molecule has 1 N–H and O–H groups in total. The molecular weight excluding hydrogens is 169 g/mol. The van der Waals surface area contributed by atoms with Crippen LogP contribution in [0.5, 0.6) is 5.75 Å². The number of halogens is 1. The van der Waals surface area contributed by atoms with Gasteiger partial charge in [-0.2, -0.15) is 0 Å². The molecule has 13 heavy (non-hydrogen) atoms. The van der Waals surface area contributed by atoms with Gasteiger partial charge in [-0.15, -0.1) is 0 Å². The van der Waals surface area contributed by atoms with Crippen molar-refractivity contribution in [3.63, 3.8) is 0 Å². The largest absolute Gasteiger partial charge is 0.489 e. The normalized spacial score (nSPS) is 21.5. The highest BCUT2D eigenvalue weighted by atomic mass is 19.1. The second-order valence-electron chi connectivity index (χ2n) is 3.31. The van der Waals surface area contributed by atoms with Gasteiger partial charge in [0, 0.05) is 18.7 Å². The molecule has 2 nitrogen and oxygen atoms in total. The van der Waals surface area contributed by atoms with Gasteiger partial charge >= 0.3 is 0 Å². The van der Waals surface area contributed by atoms with E-state index in [2.05, 4.69) is 5.32 Å². The summed E-state index contributed by atoms with van der Waals surface area (Å²) in [5.41, 5.74) is 0.893. The van der Waals surface area contributed by atoms with Crippen molar-refractivity contribution >= 4 is 0 Å². The third-order valence-corrected chi connectivity index (χ3v) is 2.10. The lowest BCUT2D eigenvalue weighted by Crippen LogP contribution is -2.24. The first kappa shape index (κ1) is 8.51. The summed E-state index contributed by atoms with van der Waals surface area (Å²) in [6.07, 6.45) is 0.145. The molecule has 2 rings (SSSR count). The molecule has 0 aromatic heterocycles. The van der Waals surface area contributed by atoms with E-state index in [1.165, 1.54) is 12.1 Å². The number of hydrogen-bond donors (Lipinski definition) is 1. The Morgan fingerprint density at radius 2 is 2.38 bits per heavy atom. The quantitative estimate of drug-likeness (QED) is 0.657. The van der Waals surface area contributed by atoms with E-state index >= 15 is 0 Å². The number of benzene rings is 1. The molecule has 1 aliphatic heterocycles. The molecule has 1 heterocycles. The summed E-state index contributed by atoms with van der Waals surface area (Å²) in [6, 6.07) is 4.63. The predicted molar refractivity (Wildman–Crippen MR) is 48.2 cm³/mol. The molecule has 0 saturated heterocycles. The molecule has 1 atom stereocenters. The first-order valence-corrected chi connectivity index (χ1v) is 4.41. The van der Waals surface area contributed by atoms with E-state index < -0.39 is 0 Å². The van der Waals surface area contributed by atoms with Gasteiger partial charge in [-0.1, -0.05) is 0 Å². The van der Waals surface area contributed by atoms with E-state index in [9.17, 15) is 4.39 Å². The summed E-state index contributed by atoms with van der Waals surface area (Å²) in [5.74, 6) is 0.581. The summed E-state index contributed by atoms with van der Waals surface area (Å²) in [5, 5.41) is 3.19. The lowest BCUT2D eigenvalue weighted by atomic mass is 10.2. The lowest BCUT2D eigenvalue weighted by molar-refractivity contribution is 0.226. The molecule has 0 radical (unpaired) electrons. The van der Waals surface area contributed by atoms with Crippen LogP contribution in [0.2, 0.25) is 0 Å². The molecule has 1 aromatic carbocycles. The minimum Gasteiger partial charge on any atom is -0.489 e. The minimum absolute atomic E-state index is 0.145. The van der Waals surface area contributed by atoms with Gasteiger partial charge in [-0.05, 0) is 25.1 Å². The second kappa shape index (κ2) is 3.34. The van der Waals surface area contributed by atoms with E-state index in [-0.39, 0.29) is 11.9 Å². The summed E-state index contributed by atoms with van der Waals surface area (Å²) in [6.45, 7) is 3.47. The van der Waals surface area contributed by atoms with Crippen molar-refractivity contribution in [2.45, 2.75) is 19.6 Å². The highest BCUT2D eigenvalue weighted by Crippen LogP contribution is 2.22. The molecule has 0 bridgehead atoms. The highest BCUT2D eigenvalue weighted by Gasteiger charge is 2.13. The number of fused-ring (bicyclic) bond motifs is 1. The van der Waals surface area contributed by atoms with Gasteiger partial charge in [-0.25, -0.2) is 4.39 Å². The Labute approximate surface area is 76.7 Å². The van der Waals surface area contributed by atoms with Gasteiger partial charge in [0.1, 0.15) is 17.7 Å². The number of hydrogen-bond acceptors (Lipinski definition) is 2. The molecule has 3 heteroatoms. The lowest BCUT2D eigenvalue weighted by Gasteiger charge is -2.11. The summed E-state index contributed by atoms with van der Waals surface area (Å²) < 4.78 is 18.4. The smallest absolute Gasteiger partial charge is 0.124 e. The average molecular weight is 181 g/mol. The Morgan fingerprint density at radius 3 is 3.23 bits per heavy atom. The molecule has 1 aliphatic rings. The van der Waals surface area contributed by atoms with Crippen LogP contribution in [0, 0.1) is 5.82 Å². The van der Waals surface area contributed by atoms with Crippen LogP contribution >= 0.6 is 0 Å². The summed E-state index contributed by atoms with van der Waals surface area (Å²) in [7, 11) is 0. The van der Waals surface area contributed by atoms with Crippen molar-refractivity contribution in [2.24, 2.45) is 0 Å². The minimum atomic E-state index is -0.210. The van der Waals surface area contributed by atoms with Crippen LogP contribution < -0.4 is 10.1 Å². The zero-order chi connectivity index (χ0) is 9.26. The first-order chi connectivity index (χ1) is 6.25. The Hall–Kier alpha value is -1.09. The standard InChI is InChI=1S/C10H12FNO/c1-7-5-12-6-8-4-9(11)2-3-10(8)13-7/h2-4,7,12H,5-6H2,1H3. The van der Waals surface area contributed by atoms with Gasteiger partial charge in [-0.3, -0.25) is 0 Å². The van der Waals surface area contributed by atoms with Crippen LogP contribution in [-0.4, -0.2) is 12.6 Å². The van der Waals surface area contributed by atoms with Crippen LogP contribution in [0.1, 0.15) is 12.5 Å². The zero-order valence-electron chi connectivity index (χ0n) is 7.51. The molecule has 1 aromatic rings. The van der Waals surface area contributed by atoms with Gasteiger partial charge in [0.2, 0.25) is 0 Å². The predicted octanol–water partition coefficient (Wildman–Crippen LogP) is 1.70. The van der Waals surface area contributed by atoms with E-state index in [0.29, 0.717) is 6.54 Å². The molecule has 70 valence electrons. The zero-order valence-corrected chi connectivity index (χ0v) is 7.51. The highest BCUT2D eigenvalue weighted by molar-refractivity contribution is 5.34. The maximum atomic E-state index is 12.8. The van der Waals surface area contributed by atoms with Crippen molar-refractivity contribution < 1.29 is 9.13 Å². The molecule has 0 amide bonds. The van der Waals surface area contributed by atoms with Gasteiger partial charge in [0.25, 0.3) is 0 Å². The molecule has 1 unspecified atom stereocenters. The van der Waals surface area contributed by atoms with Crippen LogP contribution in [0.4, 0.5) is 4.39 Å². The maximum absolute atomic E-state index is 12.8. The number of rotatable bonds is 0. The number of ether oxygens (including phenoxy) is 1. The topological polar surface area (TPSA) is 21.3 Å². The second-order valence-corrected chi connectivity index (χ2v) is 3.31. The summed E-state index contributed by atoms with van der Waals surface area (Å²) >= 11 is 0. The third kappa shape index (κ3) is 1.80. The van der Waals surface area contributed by atoms with Crippen LogP contribution in [0.25, 0.3) is 0 Å². The van der Waals surface area contributed by atoms with Gasteiger partial charge < -0.3 is 10.1 Å². The van der Waals surface area contributed by atoms with E-state index in [1.54, 1.807) is 6.07 Å².